The Labute approximate surface area is 97.2 Å². The zero-order valence-corrected chi connectivity index (χ0v) is 9.20. The van der Waals surface area contributed by atoms with E-state index in [0.29, 0.717) is 23.2 Å². The number of rotatable bonds is 4. The quantitative estimate of drug-likeness (QED) is 0.694. The number of nitrogens with zero attached hydrogens (tertiary/aromatic N) is 3. The van der Waals surface area contributed by atoms with E-state index >= 15 is 0 Å². The number of aromatic amines is 1. The molecule has 0 saturated carbocycles. The van der Waals surface area contributed by atoms with Crippen LogP contribution in [-0.2, 0) is 6.42 Å². The Bertz CT molecular complexity index is 435. The van der Waals surface area contributed by atoms with Crippen molar-refractivity contribution < 1.29 is 0 Å². The van der Waals surface area contributed by atoms with E-state index in [2.05, 4.69) is 25.5 Å². The molecule has 0 amide bonds. The zero-order chi connectivity index (χ0) is 11.4. The SMILES string of the molecule is Nc1cc(Cl)nc(NCCc2ncn[nH]2)c1. The van der Waals surface area contributed by atoms with Crippen LogP contribution in [0.4, 0.5) is 11.5 Å². The van der Waals surface area contributed by atoms with Crippen LogP contribution in [0.25, 0.3) is 0 Å². The van der Waals surface area contributed by atoms with Gasteiger partial charge in [-0.05, 0) is 6.07 Å². The number of anilines is 2. The molecule has 2 rings (SSSR count). The zero-order valence-electron chi connectivity index (χ0n) is 8.44. The van der Waals surface area contributed by atoms with Crippen LogP contribution >= 0.6 is 11.6 Å². The maximum Gasteiger partial charge on any atom is 0.137 e. The highest BCUT2D eigenvalue weighted by molar-refractivity contribution is 6.29. The van der Waals surface area contributed by atoms with Crippen molar-refractivity contribution in [2.75, 3.05) is 17.6 Å². The molecule has 2 aromatic rings. The number of hydrogen-bond acceptors (Lipinski definition) is 5. The van der Waals surface area contributed by atoms with Crippen LogP contribution in [0.15, 0.2) is 18.5 Å². The molecule has 0 saturated heterocycles. The minimum absolute atomic E-state index is 0.377. The largest absolute Gasteiger partial charge is 0.399 e. The Morgan fingerprint density at radius 3 is 3.00 bits per heavy atom. The van der Waals surface area contributed by atoms with Crippen LogP contribution in [0.2, 0.25) is 5.15 Å². The molecule has 0 aliphatic heterocycles. The molecule has 84 valence electrons. The summed E-state index contributed by atoms with van der Waals surface area (Å²) in [5, 5.41) is 10.0. The minimum atomic E-state index is 0.377. The molecule has 2 heterocycles. The first-order valence-corrected chi connectivity index (χ1v) is 5.13. The summed E-state index contributed by atoms with van der Waals surface area (Å²) in [4.78, 5) is 8.09. The highest BCUT2D eigenvalue weighted by Crippen LogP contribution is 2.15. The fraction of sp³-hybridized carbons (Fsp3) is 0.222. The van der Waals surface area contributed by atoms with Crippen LogP contribution in [-0.4, -0.2) is 26.7 Å². The lowest BCUT2D eigenvalue weighted by atomic mass is 10.3. The molecule has 6 nitrogen and oxygen atoms in total. The first-order valence-electron chi connectivity index (χ1n) is 4.75. The van der Waals surface area contributed by atoms with Gasteiger partial charge in [0.15, 0.2) is 0 Å². The Balaban J connectivity index is 1.89. The number of nitrogens with two attached hydrogens (primary N) is 1. The fourth-order valence-electron chi connectivity index (χ4n) is 1.27. The monoisotopic (exact) mass is 238 g/mol. The molecule has 7 heteroatoms. The molecular weight excluding hydrogens is 228 g/mol. The number of aromatic nitrogens is 4. The van der Waals surface area contributed by atoms with Crippen molar-refractivity contribution in [1.29, 1.82) is 0 Å². The molecule has 4 N–H and O–H groups in total. The predicted molar refractivity (Wildman–Crippen MR) is 62.2 cm³/mol. The summed E-state index contributed by atoms with van der Waals surface area (Å²) in [5.41, 5.74) is 6.22. The van der Waals surface area contributed by atoms with E-state index in [0.717, 1.165) is 12.2 Å². The third kappa shape index (κ3) is 2.83. The van der Waals surface area contributed by atoms with Gasteiger partial charge in [0.25, 0.3) is 0 Å². The third-order valence-electron chi connectivity index (χ3n) is 1.95. The molecule has 0 fully saturated rings. The molecule has 16 heavy (non-hydrogen) atoms. The van der Waals surface area contributed by atoms with Crippen LogP contribution in [0.1, 0.15) is 5.82 Å². The number of nitrogens with one attached hydrogen (secondary N) is 2. The maximum absolute atomic E-state index is 5.77. The average Bonchev–Trinajstić information content (AvgIpc) is 2.69. The van der Waals surface area contributed by atoms with Crippen LogP contribution < -0.4 is 11.1 Å². The van der Waals surface area contributed by atoms with Crippen molar-refractivity contribution in [1.82, 2.24) is 20.2 Å². The minimum Gasteiger partial charge on any atom is -0.399 e. The van der Waals surface area contributed by atoms with E-state index in [1.807, 2.05) is 0 Å². The van der Waals surface area contributed by atoms with Gasteiger partial charge in [0, 0.05) is 24.7 Å². The number of pyridine rings is 1. The van der Waals surface area contributed by atoms with E-state index < -0.39 is 0 Å². The van der Waals surface area contributed by atoms with Crippen LogP contribution in [0.5, 0.6) is 0 Å². The van der Waals surface area contributed by atoms with Crippen molar-refractivity contribution in [2.45, 2.75) is 6.42 Å². The molecule has 0 radical (unpaired) electrons. The lowest BCUT2D eigenvalue weighted by Gasteiger charge is -2.05. The molecule has 0 unspecified atom stereocenters. The summed E-state index contributed by atoms with van der Waals surface area (Å²) < 4.78 is 0. The van der Waals surface area contributed by atoms with Crippen LogP contribution in [0, 0.1) is 0 Å². The van der Waals surface area contributed by atoms with E-state index in [1.165, 1.54) is 6.33 Å². The van der Waals surface area contributed by atoms with Gasteiger partial charge in [-0.1, -0.05) is 11.6 Å². The summed E-state index contributed by atoms with van der Waals surface area (Å²) in [6.45, 7) is 0.683. The standard InChI is InChI=1S/C9H11ClN6/c10-7-3-6(11)4-9(15-7)12-2-1-8-13-5-14-16-8/h3-5H,1-2H2,(H3,11,12,15)(H,13,14,16). The first-order chi connectivity index (χ1) is 7.74. The lowest BCUT2D eigenvalue weighted by molar-refractivity contribution is 0.897. The number of halogens is 1. The van der Waals surface area contributed by atoms with Crippen molar-refractivity contribution >= 4 is 23.1 Å². The molecule has 0 aliphatic carbocycles. The maximum atomic E-state index is 5.77. The summed E-state index contributed by atoms with van der Waals surface area (Å²) >= 11 is 5.77. The Kier molecular flexibility index (Phi) is 3.21. The van der Waals surface area contributed by atoms with E-state index in [1.54, 1.807) is 12.1 Å². The second-order valence-corrected chi connectivity index (χ2v) is 3.60. The Morgan fingerprint density at radius 2 is 2.31 bits per heavy atom. The summed E-state index contributed by atoms with van der Waals surface area (Å²) in [6, 6.07) is 3.33. The van der Waals surface area contributed by atoms with Gasteiger partial charge < -0.3 is 11.1 Å². The van der Waals surface area contributed by atoms with E-state index in [4.69, 9.17) is 17.3 Å². The van der Waals surface area contributed by atoms with Gasteiger partial charge in [-0.3, -0.25) is 5.10 Å². The van der Waals surface area contributed by atoms with Crippen molar-refractivity contribution in [3.05, 3.63) is 29.4 Å². The highest BCUT2D eigenvalue weighted by atomic mass is 35.5. The normalized spacial score (nSPS) is 10.3. The molecule has 0 spiro atoms. The molecule has 0 aliphatic rings. The number of hydrogen-bond donors (Lipinski definition) is 3. The van der Waals surface area contributed by atoms with Gasteiger partial charge in [0.05, 0.1) is 0 Å². The predicted octanol–water partition coefficient (Wildman–Crippen LogP) is 1.09. The van der Waals surface area contributed by atoms with Gasteiger partial charge in [-0.2, -0.15) is 5.10 Å². The van der Waals surface area contributed by atoms with Crippen molar-refractivity contribution in [3.8, 4) is 0 Å². The second-order valence-electron chi connectivity index (χ2n) is 3.22. The smallest absolute Gasteiger partial charge is 0.137 e. The fourth-order valence-corrected chi connectivity index (χ4v) is 1.48. The Hall–Kier alpha value is -1.82. The van der Waals surface area contributed by atoms with E-state index in [9.17, 15) is 0 Å². The van der Waals surface area contributed by atoms with Gasteiger partial charge in [0.1, 0.15) is 23.1 Å². The molecule has 0 bridgehead atoms. The second kappa shape index (κ2) is 4.80. The molecule has 2 aromatic heterocycles. The summed E-state index contributed by atoms with van der Waals surface area (Å²) in [5.74, 6) is 1.48. The van der Waals surface area contributed by atoms with Gasteiger partial charge in [-0.25, -0.2) is 9.97 Å². The Morgan fingerprint density at radius 1 is 1.44 bits per heavy atom. The number of nitrogen functional groups attached to an aromatic ring is 1. The van der Waals surface area contributed by atoms with Crippen molar-refractivity contribution in [3.63, 3.8) is 0 Å². The van der Waals surface area contributed by atoms with Gasteiger partial charge in [0.2, 0.25) is 0 Å². The average molecular weight is 239 g/mol. The van der Waals surface area contributed by atoms with Crippen LogP contribution in [0.3, 0.4) is 0 Å². The summed E-state index contributed by atoms with van der Waals surface area (Å²) in [7, 11) is 0. The van der Waals surface area contributed by atoms with E-state index in [-0.39, 0.29) is 0 Å². The van der Waals surface area contributed by atoms with Crippen molar-refractivity contribution in [2.24, 2.45) is 0 Å². The molecule has 0 atom stereocenters. The highest BCUT2D eigenvalue weighted by Gasteiger charge is 1.99. The van der Waals surface area contributed by atoms with Gasteiger partial charge in [-0.15, -0.1) is 0 Å². The summed E-state index contributed by atoms with van der Waals surface area (Å²) in [6.07, 6.45) is 2.21. The third-order valence-corrected chi connectivity index (χ3v) is 2.14. The van der Waals surface area contributed by atoms with Gasteiger partial charge >= 0.3 is 0 Å². The molecule has 0 aromatic carbocycles. The topological polar surface area (TPSA) is 92.5 Å². The number of H-pyrrole nitrogens is 1. The first kappa shape index (κ1) is 10.7. The molecular formula is C9H11ClN6. The lowest BCUT2D eigenvalue weighted by Crippen LogP contribution is -2.07.